The number of rotatable bonds is 4. The average molecular weight is 455 g/mol. The minimum atomic E-state index is -0.258. The van der Waals surface area contributed by atoms with Crippen molar-refractivity contribution in [3.8, 4) is 11.5 Å². The van der Waals surface area contributed by atoms with E-state index in [1.165, 1.54) is 10.4 Å². The molecular weight excluding hydrogens is 436 g/mol. The normalized spacial score (nSPS) is 20.2. The van der Waals surface area contributed by atoms with Crippen LogP contribution in [-0.2, 0) is 0 Å². The van der Waals surface area contributed by atoms with Crippen molar-refractivity contribution in [1.29, 1.82) is 0 Å². The van der Waals surface area contributed by atoms with Crippen LogP contribution < -0.4 is 9.47 Å². The zero-order chi connectivity index (χ0) is 19.1. The molecule has 0 saturated heterocycles. The molecule has 5 rings (SSSR count). The van der Waals surface area contributed by atoms with E-state index in [-0.39, 0.29) is 12.3 Å². The molecule has 2 aliphatic rings. The fourth-order valence-electron chi connectivity index (χ4n) is 3.76. The van der Waals surface area contributed by atoms with E-state index in [4.69, 9.17) is 14.6 Å². The maximum Gasteiger partial charge on any atom is 0.213 e. The van der Waals surface area contributed by atoms with Crippen LogP contribution in [0.4, 0.5) is 0 Å². The fraction of sp³-hybridized carbons (Fsp3) is 0.227. The van der Waals surface area contributed by atoms with Crippen molar-refractivity contribution in [2.45, 2.75) is 25.6 Å². The van der Waals surface area contributed by atoms with Crippen LogP contribution in [0.3, 0.4) is 0 Å². The monoisotopic (exact) mass is 454 g/mol. The third-order valence-corrected chi connectivity index (χ3v) is 6.45. The summed E-state index contributed by atoms with van der Waals surface area (Å²) in [6, 6.07) is 18.7. The Bertz CT molecular complexity index is 1020. The summed E-state index contributed by atoms with van der Waals surface area (Å²) in [6.07, 6.45) is 0.618. The summed E-state index contributed by atoms with van der Waals surface area (Å²) in [5, 5.41) is 9.19. The molecule has 3 aromatic rings. The topological polar surface area (TPSA) is 34.1 Å². The predicted octanol–water partition coefficient (Wildman–Crippen LogP) is 6.15. The summed E-state index contributed by atoms with van der Waals surface area (Å²) in [5.41, 5.74) is 3.36. The first-order chi connectivity index (χ1) is 13.7. The number of thiophene rings is 1. The molecule has 3 heterocycles. The Kier molecular flexibility index (Phi) is 4.61. The summed E-state index contributed by atoms with van der Waals surface area (Å²) in [5.74, 6) is 1.79. The summed E-state index contributed by atoms with van der Waals surface area (Å²) < 4.78 is 13.1. The Balaban J connectivity index is 1.55. The minimum Gasteiger partial charge on any atom is -0.494 e. The molecule has 2 atom stereocenters. The first kappa shape index (κ1) is 17.8. The van der Waals surface area contributed by atoms with Gasteiger partial charge in [-0.15, -0.1) is 11.3 Å². The molecule has 0 N–H and O–H groups in total. The molecule has 142 valence electrons. The Morgan fingerprint density at radius 3 is 2.82 bits per heavy atom. The van der Waals surface area contributed by atoms with E-state index in [9.17, 15) is 0 Å². The van der Waals surface area contributed by atoms with Gasteiger partial charge in [-0.25, -0.2) is 5.01 Å². The van der Waals surface area contributed by atoms with Gasteiger partial charge in [0.05, 0.1) is 23.2 Å². The van der Waals surface area contributed by atoms with Gasteiger partial charge in [0.2, 0.25) is 6.23 Å². The molecule has 2 aromatic carbocycles. The largest absolute Gasteiger partial charge is 0.494 e. The second-order valence-corrected chi connectivity index (χ2v) is 8.64. The van der Waals surface area contributed by atoms with E-state index in [1.807, 2.05) is 31.2 Å². The van der Waals surface area contributed by atoms with Crippen LogP contribution in [0.5, 0.6) is 11.5 Å². The third kappa shape index (κ3) is 3.10. The highest BCUT2D eigenvalue weighted by Gasteiger charge is 2.41. The summed E-state index contributed by atoms with van der Waals surface area (Å²) in [4.78, 5) is 1.22. The van der Waals surface area contributed by atoms with Crippen LogP contribution >= 0.6 is 27.3 Å². The highest BCUT2D eigenvalue weighted by Crippen LogP contribution is 2.48. The van der Waals surface area contributed by atoms with E-state index < -0.39 is 0 Å². The molecule has 0 unspecified atom stereocenters. The SMILES string of the molecule is CCOc1ccc([C@@H]2Oc3ccc(Br)cc3[C@@H]3CC(c4cccs4)=NN32)cc1. The van der Waals surface area contributed by atoms with Gasteiger partial charge >= 0.3 is 0 Å². The van der Waals surface area contributed by atoms with Gasteiger partial charge in [-0.1, -0.05) is 22.0 Å². The van der Waals surface area contributed by atoms with E-state index in [0.717, 1.165) is 33.7 Å². The van der Waals surface area contributed by atoms with E-state index >= 15 is 0 Å². The van der Waals surface area contributed by atoms with Crippen LogP contribution in [-0.4, -0.2) is 17.3 Å². The molecule has 0 radical (unpaired) electrons. The highest BCUT2D eigenvalue weighted by atomic mass is 79.9. The van der Waals surface area contributed by atoms with Gasteiger partial charge in [0.25, 0.3) is 0 Å². The molecule has 0 spiro atoms. The third-order valence-electron chi connectivity index (χ3n) is 5.03. The molecule has 1 aromatic heterocycles. The zero-order valence-corrected chi connectivity index (χ0v) is 17.7. The molecule has 28 heavy (non-hydrogen) atoms. The van der Waals surface area contributed by atoms with Crippen LogP contribution in [0.2, 0.25) is 0 Å². The number of hydrazone groups is 1. The van der Waals surface area contributed by atoms with Crippen LogP contribution in [0.1, 0.15) is 41.6 Å². The standard InChI is InChI=1S/C22H19BrN2O2S/c1-2-26-16-8-5-14(6-9-16)22-25-19(13-18(24-25)21-4-3-11-28-21)17-12-15(23)7-10-20(17)27-22/h3-12,19,22H,2,13H2,1H3/t19-,22-/m0/s1. The van der Waals surface area contributed by atoms with Gasteiger partial charge in [-0.2, -0.15) is 5.10 Å². The molecule has 0 fully saturated rings. The summed E-state index contributed by atoms with van der Waals surface area (Å²) >= 11 is 5.33. The lowest BCUT2D eigenvalue weighted by Gasteiger charge is -2.38. The van der Waals surface area contributed by atoms with E-state index in [0.29, 0.717) is 6.61 Å². The maximum atomic E-state index is 6.41. The van der Waals surface area contributed by atoms with Crippen molar-refractivity contribution in [3.63, 3.8) is 0 Å². The second kappa shape index (κ2) is 7.26. The van der Waals surface area contributed by atoms with Crippen molar-refractivity contribution in [2.75, 3.05) is 6.61 Å². The summed E-state index contributed by atoms with van der Waals surface area (Å²) in [6.45, 7) is 2.65. The number of nitrogens with zero attached hydrogens (tertiary/aromatic N) is 2. The summed E-state index contributed by atoms with van der Waals surface area (Å²) in [7, 11) is 0. The predicted molar refractivity (Wildman–Crippen MR) is 115 cm³/mol. The molecule has 0 saturated carbocycles. The maximum absolute atomic E-state index is 6.41. The van der Waals surface area contributed by atoms with Crippen LogP contribution in [0, 0.1) is 0 Å². The lowest BCUT2D eigenvalue weighted by molar-refractivity contribution is -0.0191. The Hall–Kier alpha value is -2.31. The number of ether oxygens (including phenoxy) is 2. The van der Waals surface area contributed by atoms with Crippen LogP contribution in [0.25, 0.3) is 0 Å². The van der Waals surface area contributed by atoms with Crippen molar-refractivity contribution < 1.29 is 9.47 Å². The molecule has 0 amide bonds. The molecule has 0 aliphatic carbocycles. The fourth-order valence-corrected chi connectivity index (χ4v) is 4.86. The Morgan fingerprint density at radius 2 is 2.07 bits per heavy atom. The molecule has 4 nitrogen and oxygen atoms in total. The first-order valence-electron chi connectivity index (χ1n) is 9.31. The van der Waals surface area contributed by atoms with Gasteiger partial charge in [0, 0.05) is 22.0 Å². The minimum absolute atomic E-state index is 0.162. The first-order valence-corrected chi connectivity index (χ1v) is 11.0. The lowest BCUT2D eigenvalue weighted by atomic mass is 9.97. The van der Waals surface area contributed by atoms with E-state index in [1.54, 1.807) is 11.3 Å². The zero-order valence-electron chi connectivity index (χ0n) is 15.3. The van der Waals surface area contributed by atoms with Crippen LogP contribution in [0.15, 0.2) is 69.6 Å². The van der Waals surface area contributed by atoms with Gasteiger partial charge in [0.1, 0.15) is 11.5 Å². The van der Waals surface area contributed by atoms with E-state index in [2.05, 4.69) is 56.7 Å². The number of hydrogen-bond acceptors (Lipinski definition) is 5. The number of benzene rings is 2. The molecular formula is C22H19BrN2O2S. The lowest BCUT2D eigenvalue weighted by Crippen LogP contribution is -2.33. The number of hydrogen-bond donors (Lipinski definition) is 0. The van der Waals surface area contributed by atoms with Crippen molar-refractivity contribution in [3.05, 3.63) is 80.5 Å². The molecule has 0 bridgehead atoms. The Labute approximate surface area is 176 Å². The second-order valence-electron chi connectivity index (χ2n) is 6.78. The quantitative estimate of drug-likeness (QED) is 0.473. The van der Waals surface area contributed by atoms with Gasteiger partial charge < -0.3 is 9.47 Å². The van der Waals surface area contributed by atoms with Crippen molar-refractivity contribution in [2.24, 2.45) is 5.10 Å². The average Bonchev–Trinajstić information content (AvgIpc) is 3.38. The van der Waals surface area contributed by atoms with Gasteiger partial charge in [-0.05, 0) is 60.8 Å². The van der Waals surface area contributed by atoms with Gasteiger partial charge in [-0.3, -0.25) is 0 Å². The number of halogens is 1. The van der Waals surface area contributed by atoms with Crippen molar-refractivity contribution >= 4 is 33.0 Å². The number of fused-ring (bicyclic) bond motifs is 3. The van der Waals surface area contributed by atoms with Gasteiger partial charge in [0.15, 0.2) is 0 Å². The smallest absolute Gasteiger partial charge is 0.213 e. The Morgan fingerprint density at radius 1 is 1.21 bits per heavy atom. The van der Waals surface area contributed by atoms with Crippen molar-refractivity contribution in [1.82, 2.24) is 5.01 Å². The highest BCUT2D eigenvalue weighted by molar-refractivity contribution is 9.10. The molecule has 2 aliphatic heterocycles. The molecule has 6 heteroatoms.